The molecule has 1 atom stereocenters. The van der Waals surface area contributed by atoms with Gasteiger partial charge in [0.1, 0.15) is 0 Å². The van der Waals surface area contributed by atoms with Gasteiger partial charge in [-0.1, -0.05) is 19.9 Å². The standard InChI is InChI=1S/C13H22N2O3/c1-3-5-11-10-15(8-9-18-11)13(17)6-7-14-12(16)4-2/h4,11H,2-3,5-10H2,1H3,(H,14,16). The molecule has 0 spiro atoms. The van der Waals surface area contributed by atoms with Crippen LogP contribution in [0.25, 0.3) is 0 Å². The topological polar surface area (TPSA) is 58.6 Å². The minimum atomic E-state index is -0.242. The van der Waals surface area contributed by atoms with Crippen LogP contribution in [-0.2, 0) is 14.3 Å². The second kappa shape index (κ2) is 7.87. The van der Waals surface area contributed by atoms with Crippen LogP contribution in [0, 0.1) is 0 Å². The molecule has 1 heterocycles. The van der Waals surface area contributed by atoms with Crippen molar-refractivity contribution in [1.29, 1.82) is 0 Å². The summed E-state index contributed by atoms with van der Waals surface area (Å²) in [7, 11) is 0. The summed E-state index contributed by atoms with van der Waals surface area (Å²) in [6.45, 7) is 7.74. The van der Waals surface area contributed by atoms with Gasteiger partial charge in [0.25, 0.3) is 0 Å². The Morgan fingerprint density at radius 3 is 3.00 bits per heavy atom. The van der Waals surface area contributed by atoms with E-state index in [9.17, 15) is 9.59 Å². The molecule has 1 aliphatic rings. The third-order valence-electron chi connectivity index (χ3n) is 2.93. The lowest BCUT2D eigenvalue weighted by molar-refractivity contribution is -0.138. The number of hydrogen-bond donors (Lipinski definition) is 1. The van der Waals surface area contributed by atoms with Crippen molar-refractivity contribution in [1.82, 2.24) is 10.2 Å². The molecule has 1 N–H and O–H groups in total. The van der Waals surface area contributed by atoms with Crippen LogP contribution in [0.5, 0.6) is 0 Å². The Morgan fingerprint density at radius 1 is 1.56 bits per heavy atom. The molecule has 1 fully saturated rings. The van der Waals surface area contributed by atoms with Gasteiger partial charge in [0.05, 0.1) is 12.7 Å². The largest absolute Gasteiger partial charge is 0.375 e. The number of hydrogen-bond acceptors (Lipinski definition) is 3. The second-order valence-corrected chi connectivity index (χ2v) is 4.37. The molecule has 5 heteroatoms. The van der Waals surface area contributed by atoms with Gasteiger partial charge in [0.15, 0.2) is 0 Å². The summed E-state index contributed by atoms with van der Waals surface area (Å²) in [6.07, 6.45) is 3.74. The van der Waals surface area contributed by atoms with Crippen LogP contribution in [0.2, 0.25) is 0 Å². The highest BCUT2D eigenvalue weighted by Crippen LogP contribution is 2.11. The lowest BCUT2D eigenvalue weighted by atomic mass is 10.1. The van der Waals surface area contributed by atoms with Gasteiger partial charge in [0, 0.05) is 26.1 Å². The summed E-state index contributed by atoms with van der Waals surface area (Å²) in [5.74, 6) is -0.169. The van der Waals surface area contributed by atoms with Gasteiger partial charge in [-0.3, -0.25) is 9.59 Å². The number of nitrogens with one attached hydrogen (secondary N) is 1. The number of ether oxygens (including phenoxy) is 1. The monoisotopic (exact) mass is 254 g/mol. The zero-order valence-corrected chi connectivity index (χ0v) is 11.0. The van der Waals surface area contributed by atoms with Gasteiger partial charge in [-0.15, -0.1) is 0 Å². The molecule has 5 nitrogen and oxygen atoms in total. The number of carbonyl (C=O) groups is 2. The van der Waals surface area contributed by atoms with Crippen LogP contribution in [-0.4, -0.2) is 49.1 Å². The number of nitrogens with zero attached hydrogens (tertiary/aromatic N) is 1. The lowest BCUT2D eigenvalue weighted by Gasteiger charge is -2.33. The number of morpholine rings is 1. The van der Waals surface area contributed by atoms with Crippen LogP contribution in [0.4, 0.5) is 0 Å². The maximum absolute atomic E-state index is 11.9. The summed E-state index contributed by atoms with van der Waals surface area (Å²) in [4.78, 5) is 24.7. The number of amides is 2. The van der Waals surface area contributed by atoms with Crippen molar-refractivity contribution in [2.75, 3.05) is 26.2 Å². The molecular formula is C13H22N2O3. The average molecular weight is 254 g/mol. The fourth-order valence-corrected chi connectivity index (χ4v) is 1.97. The van der Waals surface area contributed by atoms with Crippen LogP contribution < -0.4 is 5.32 Å². The van der Waals surface area contributed by atoms with Crippen LogP contribution >= 0.6 is 0 Å². The van der Waals surface area contributed by atoms with Crippen LogP contribution in [0.1, 0.15) is 26.2 Å². The highest BCUT2D eigenvalue weighted by Gasteiger charge is 2.23. The zero-order chi connectivity index (χ0) is 13.4. The number of rotatable bonds is 6. The third kappa shape index (κ3) is 4.87. The van der Waals surface area contributed by atoms with Gasteiger partial charge in [-0.2, -0.15) is 0 Å². The zero-order valence-electron chi connectivity index (χ0n) is 11.0. The van der Waals surface area contributed by atoms with Crippen molar-refractivity contribution in [3.8, 4) is 0 Å². The highest BCUT2D eigenvalue weighted by atomic mass is 16.5. The van der Waals surface area contributed by atoms with E-state index in [1.54, 1.807) is 0 Å². The summed E-state index contributed by atoms with van der Waals surface area (Å²) < 4.78 is 5.58. The molecular weight excluding hydrogens is 232 g/mol. The molecule has 0 aromatic heterocycles. The quantitative estimate of drug-likeness (QED) is 0.710. The molecule has 0 aromatic rings. The van der Waals surface area contributed by atoms with Crippen molar-refractivity contribution in [3.05, 3.63) is 12.7 Å². The Balaban J connectivity index is 2.28. The first-order chi connectivity index (χ1) is 8.67. The molecule has 0 radical (unpaired) electrons. The van der Waals surface area contributed by atoms with E-state index in [2.05, 4.69) is 18.8 Å². The Morgan fingerprint density at radius 2 is 2.33 bits per heavy atom. The first-order valence-electron chi connectivity index (χ1n) is 6.47. The fraction of sp³-hybridized carbons (Fsp3) is 0.692. The van der Waals surface area contributed by atoms with Crippen molar-refractivity contribution < 1.29 is 14.3 Å². The van der Waals surface area contributed by atoms with Crippen molar-refractivity contribution >= 4 is 11.8 Å². The normalized spacial score (nSPS) is 19.4. The van der Waals surface area contributed by atoms with Crippen LogP contribution in [0.15, 0.2) is 12.7 Å². The summed E-state index contributed by atoms with van der Waals surface area (Å²) in [6, 6.07) is 0. The van der Waals surface area contributed by atoms with Crippen LogP contribution in [0.3, 0.4) is 0 Å². The smallest absolute Gasteiger partial charge is 0.243 e. The van der Waals surface area contributed by atoms with Gasteiger partial charge in [0.2, 0.25) is 11.8 Å². The van der Waals surface area contributed by atoms with Gasteiger partial charge < -0.3 is 15.0 Å². The first-order valence-corrected chi connectivity index (χ1v) is 6.47. The molecule has 2 amide bonds. The third-order valence-corrected chi connectivity index (χ3v) is 2.93. The Bertz CT molecular complexity index is 303. The summed E-state index contributed by atoms with van der Waals surface area (Å²) in [5, 5.41) is 2.60. The maximum Gasteiger partial charge on any atom is 0.243 e. The van der Waals surface area contributed by atoms with Crippen molar-refractivity contribution in [3.63, 3.8) is 0 Å². The van der Waals surface area contributed by atoms with E-state index in [0.717, 1.165) is 12.8 Å². The van der Waals surface area contributed by atoms with Gasteiger partial charge >= 0.3 is 0 Å². The summed E-state index contributed by atoms with van der Waals surface area (Å²) >= 11 is 0. The number of carbonyl (C=O) groups excluding carboxylic acids is 2. The van der Waals surface area contributed by atoms with Crippen molar-refractivity contribution in [2.24, 2.45) is 0 Å². The molecule has 0 bridgehead atoms. The highest BCUT2D eigenvalue weighted by molar-refractivity contribution is 5.87. The predicted octanol–water partition coefficient (Wildman–Crippen LogP) is 0.706. The second-order valence-electron chi connectivity index (χ2n) is 4.37. The van der Waals surface area contributed by atoms with Gasteiger partial charge in [-0.05, 0) is 12.5 Å². The minimum Gasteiger partial charge on any atom is -0.375 e. The Kier molecular flexibility index (Phi) is 6.43. The maximum atomic E-state index is 11.9. The molecule has 18 heavy (non-hydrogen) atoms. The van der Waals surface area contributed by atoms with E-state index in [1.165, 1.54) is 6.08 Å². The van der Waals surface area contributed by atoms with E-state index >= 15 is 0 Å². The van der Waals surface area contributed by atoms with Crippen molar-refractivity contribution in [2.45, 2.75) is 32.3 Å². The predicted molar refractivity (Wildman–Crippen MR) is 69.1 cm³/mol. The van der Waals surface area contributed by atoms with E-state index in [4.69, 9.17) is 4.74 Å². The van der Waals surface area contributed by atoms with E-state index in [1.807, 2.05) is 4.90 Å². The molecule has 102 valence electrons. The molecule has 1 saturated heterocycles. The molecule has 0 saturated carbocycles. The first kappa shape index (κ1) is 14.7. The Hall–Kier alpha value is -1.36. The molecule has 1 aliphatic heterocycles. The van der Waals surface area contributed by atoms with E-state index in [-0.39, 0.29) is 17.9 Å². The van der Waals surface area contributed by atoms with Gasteiger partial charge in [-0.25, -0.2) is 0 Å². The molecule has 1 unspecified atom stereocenters. The average Bonchev–Trinajstić information content (AvgIpc) is 2.39. The SMILES string of the molecule is C=CC(=O)NCCC(=O)N1CCOC(CCC)C1. The lowest BCUT2D eigenvalue weighted by Crippen LogP contribution is -2.46. The van der Waals surface area contributed by atoms with E-state index in [0.29, 0.717) is 32.7 Å². The molecule has 0 aromatic carbocycles. The molecule has 1 rings (SSSR count). The summed E-state index contributed by atoms with van der Waals surface area (Å²) in [5.41, 5.74) is 0. The van der Waals surface area contributed by atoms with E-state index < -0.39 is 0 Å². The Labute approximate surface area is 108 Å². The molecule has 0 aliphatic carbocycles. The fourth-order valence-electron chi connectivity index (χ4n) is 1.97. The minimum absolute atomic E-state index is 0.0729.